The van der Waals surface area contributed by atoms with Gasteiger partial charge in [0.1, 0.15) is 0 Å². The van der Waals surface area contributed by atoms with E-state index in [1.165, 1.54) is 0 Å². The van der Waals surface area contributed by atoms with Crippen molar-refractivity contribution < 1.29 is 5.11 Å². The third kappa shape index (κ3) is 1.80. The van der Waals surface area contributed by atoms with Crippen molar-refractivity contribution in [3.8, 4) is 0 Å². The zero-order valence-corrected chi connectivity index (χ0v) is 8.67. The van der Waals surface area contributed by atoms with Crippen LogP contribution in [-0.4, -0.2) is 35.2 Å². The summed E-state index contributed by atoms with van der Waals surface area (Å²) in [5, 5.41) is 10.2. The Morgan fingerprint density at radius 1 is 1.50 bits per heavy atom. The second-order valence-electron chi connectivity index (χ2n) is 4.54. The van der Waals surface area contributed by atoms with Gasteiger partial charge in [0.15, 0.2) is 0 Å². The van der Waals surface area contributed by atoms with E-state index < -0.39 is 5.60 Å². The van der Waals surface area contributed by atoms with Gasteiger partial charge in [-0.25, -0.2) is 0 Å². The highest BCUT2D eigenvalue weighted by Crippen LogP contribution is 2.31. The van der Waals surface area contributed by atoms with Crippen LogP contribution in [0.1, 0.15) is 33.6 Å². The standard InChI is InChI=1S/C10H21NO/c1-8(2)10(12)5-6-11(4)9(3)7-10/h8-9,12H,5-7H2,1-4H3. The summed E-state index contributed by atoms with van der Waals surface area (Å²) in [6.45, 7) is 7.43. The zero-order chi connectivity index (χ0) is 9.35. The Balaban J connectivity index is 2.60. The van der Waals surface area contributed by atoms with Crippen LogP contribution in [0.2, 0.25) is 0 Å². The number of rotatable bonds is 1. The van der Waals surface area contributed by atoms with Crippen LogP contribution in [0.5, 0.6) is 0 Å². The predicted octanol–water partition coefficient (Wildman–Crippen LogP) is 1.49. The van der Waals surface area contributed by atoms with E-state index in [9.17, 15) is 5.11 Å². The molecular formula is C10H21NO. The molecule has 1 fully saturated rings. The van der Waals surface area contributed by atoms with Gasteiger partial charge in [-0.1, -0.05) is 13.8 Å². The molecule has 0 aromatic carbocycles. The molecule has 2 heteroatoms. The first-order valence-electron chi connectivity index (χ1n) is 4.88. The van der Waals surface area contributed by atoms with Gasteiger partial charge in [0, 0.05) is 12.6 Å². The molecule has 0 aromatic rings. The molecule has 1 heterocycles. The zero-order valence-electron chi connectivity index (χ0n) is 8.67. The van der Waals surface area contributed by atoms with Crippen molar-refractivity contribution in [3.05, 3.63) is 0 Å². The highest BCUT2D eigenvalue weighted by molar-refractivity contribution is 4.91. The molecule has 0 aliphatic carbocycles. The molecule has 12 heavy (non-hydrogen) atoms. The van der Waals surface area contributed by atoms with E-state index in [4.69, 9.17) is 0 Å². The molecule has 2 nitrogen and oxygen atoms in total. The quantitative estimate of drug-likeness (QED) is 0.646. The fourth-order valence-corrected chi connectivity index (χ4v) is 1.88. The maximum atomic E-state index is 10.2. The lowest BCUT2D eigenvalue weighted by molar-refractivity contribution is -0.0691. The van der Waals surface area contributed by atoms with Gasteiger partial charge in [-0.2, -0.15) is 0 Å². The summed E-state index contributed by atoms with van der Waals surface area (Å²) in [5.74, 6) is 0.383. The fourth-order valence-electron chi connectivity index (χ4n) is 1.88. The van der Waals surface area contributed by atoms with E-state index in [0.29, 0.717) is 12.0 Å². The van der Waals surface area contributed by atoms with E-state index in [0.717, 1.165) is 19.4 Å². The van der Waals surface area contributed by atoms with Crippen molar-refractivity contribution in [2.75, 3.05) is 13.6 Å². The molecule has 1 aliphatic rings. The van der Waals surface area contributed by atoms with E-state index in [1.807, 2.05) is 0 Å². The van der Waals surface area contributed by atoms with Gasteiger partial charge in [0.25, 0.3) is 0 Å². The van der Waals surface area contributed by atoms with Gasteiger partial charge in [0.2, 0.25) is 0 Å². The molecule has 0 amide bonds. The Bertz CT molecular complexity index is 158. The Morgan fingerprint density at radius 3 is 2.50 bits per heavy atom. The van der Waals surface area contributed by atoms with Gasteiger partial charge in [-0.3, -0.25) is 0 Å². The van der Waals surface area contributed by atoms with Crippen molar-refractivity contribution in [2.45, 2.75) is 45.3 Å². The second kappa shape index (κ2) is 3.35. The van der Waals surface area contributed by atoms with Crippen LogP contribution >= 0.6 is 0 Å². The topological polar surface area (TPSA) is 23.5 Å². The Labute approximate surface area is 75.6 Å². The van der Waals surface area contributed by atoms with E-state index in [-0.39, 0.29) is 0 Å². The van der Waals surface area contributed by atoms with E-state index in [2.05, 4.69) is 32.7 Å². The molecule has 0 radical (unpaired) electrons. The van der Waals surface area contributed by atoms with Crippen LogP contribution in [0.25, 0.3) is 0 Å². The summed E-state index contributed by atoms with van der Waals surface area (Å²) in [5.41, 5.74) is -0.411. The summed E-state index contributed by atoms with van der Waals surface area (Å²) in [4.78, 5) is 2.32. The lowest BCUT2D eigenvalue weighted by Crippen LogP contribution is -2.50. The van der Waals surface area contributed by atoms with Crippen LogP contribution < -0.4 is 0 Å². The minimum absolute atomic E-state index is 0.383. The maximum Gasteiger partial charge on any atom is 0.0697 e. The molecule has 2 atom stereocenters. The third-order valence-corrected chi connectivity index (χ3v) is 3.37. The van der Waals surface area contributed by atoms with Crippen molar-refractivity contribution in [1.29, 1.82) is 0 Å². The van der Waals surface area contributed by atoms with Gasteiger partial charge in [-0.05, 0) is 32.7 Å². The van der Waals surface area contributed by atoms with Crippen LogP contribution in [0, 0.1) is 5.92 Å². The molecule has 2 unspecified atom stereocenters. The number of nitrogens with zero attached hydrogens (tertiary/aromatic N) is 1. The SMILES string of the molecule is CC1CC(O)(C(C)C)CCN1C. The van der Waals surface area contributed by atoms with Gasteiger partial charge < -0.3 is 10.0 Å². The van der Waals surface area contributed by atoms with Crippen LogP contribution in [0.3, 0.4) is 0 Å². The van der Waals surface area contributed by atoms with Crippen molar-refractivity contribution >= 4 is 0 Å². The number of likely N-dealkylation sites (tertiary alicyclic amines) is 1. The minimum Gasteiger partial charge on any atom is -0.390 e. The monoisotopic (exact) mass is 171 g/mol. The fraction of sp³-hybridized carbons (Fsp3) is 1.00. The summed E-state index contributed by atoms with van der Waals surface area (Å²) < 4.78 is 0. The minimum atomic E-state index is -0.411. The van der Waals surface area contributed by atoms with Crippen LogP contribution in [0.15, 0.2) is 0 Å². The molecule has 0 bridgehead atoms. The Hall–Kier alpha value is -0.0800. The Morgan fingerprint density at radius 2 is 2.08 bits per heavy atom. The first-order chi connectivity index (χ1) is 5.46. The van der Waals surface area contributed by atoms with Crippen molar-refractivity contribution in [2.24, 2.45) is 5.92 Å². The maximum absolute atomic E-state index is 10.2. The number of hydrogen-bond donors (Lipinski definition) is 1. The van der Waals surface area contributed by atoms with Crippen LogP contribution in [0.4, 0.5) is 0 Å². The molecule has 0 saturated carbocycles. The first kappa shape index (κ1) is 10.0. The van der Waals surface area contributed by atoms with Crippen molar-refractivity contribution in [1.82, 2.24) is 4.90 Å². The lowest BCUT2D eigenvalue weighted by Gasteiger charge is -2.43. The largest absolute Gasteiger partial charge is 0.390 e. The Kier molecular flexibility index (Phi) is 2.79. The summed E-state index contributed by atoms with van der Waals surface area (Å²) in [7, 11) is 2.13. The average molecular weight is 171 g/mol. The van der Waals surface area contributed by atoms with Gasteiger partial charge in [-0.15, -0.1) is 0 Å². The highest BCUT2D eigenvalue weighted by atomic mass is 16.3. The molecule has 1 rings (SSSR count). The van der Waals surface area contributed by atoms with E-state index in [1.54, 1.807) is 0 Å². The third-order valence-electron chi connectivity index (χ3n) is 3.37. The van der Waals surface area contributed by atoms with Gasteiger partial charge >= 0.3 is 0 Å². The number of hydrogen-bond acceptors (Lipinski definition) is 2. The molecule has 0 spiro atoms. The lowest BCUT2D eigenvalue weighted by atomic mass is 9.79. The molecule has 1 saturated heterocycles. The average Bonchev–Trinajstić information content (AvgIpc) is 1.97. The van der Waals surface area contributed by atoms with Crippen molar-refractivity contribution in [3.63, 3.8) is 0 Å². The number of aliphatic hydroxyl groups is 1. The highest BCUT2D eigenvalue weighted by Gasteiger charge is 2.37. The second-order valence-corrected chi connectivity index (χ2v) is 4.54. The molecule has 0 aromatic heterocycles. The van der Waals surface area contributed by atoms with Gasteiger partial charge in [0.05, 0.1) is 5.60 Å². The normalized spacial score (nSPS) is 39.0. The molecule has 1 aliphatic heterocycles. The first-order valence-corrected chi connectivity index (χ1v) is 4.88. The molecule has 72 valence electrons. The summed E-state index contributed by atoms with van der Waals surface area (Å²) in [6.07, 6.45) is 1.84. The predicted molar refractivity (Wildman–Crippen MR) is 51.1 cm³/mol. The van der Waals surface area contributed by atoms with Crippen LogP contribution in [-0.2, 0) is 0 Å². The van der Waals surface area contributed by atoms with E-state index >= 15 is 0 Å². The summed E-state index contributed by atoms with van der Waals surface area (Å²) in [6, 6.07) is 0.520. The molecular weight excluding hydrogens is 150 g/mol. The number of piperidine rings is 1. The smallest absolute Gasteiger partial charge is 0.0697 e. The molecule has 1 N–H and O–H groups in total. The summed E-state index contributed by atoms with van der Waals surface area (Å²) >= 11 is 0.